The van der Waals surface area contributed by atoms with E-state index in [1.165, 1.54) is 10.6 Å². The molecule has 23 heavy (non-hydrogen) atoms. The van der Waals surface area contributed by atoms with Gasteiger partial charge in [0.2, 0.25) is 15.9 Å². The minimum absolute atomic E-state index is 0.321. The molecule has 0 aliphatic carbocycles. The lowest BCUT2D eigenvalue weighted by molar-refractivity contribution is 0.321. The first kappa shape index (κ1) is 15.9. The number of aromatic nitrogens is 2. The van der Waals surface area contributed by atoms with E-state index in [0.717, 1.165) is 11.3 Å². The monoisotopic (exact) mass is 333 g/mol. The van der Waals surface area contributed by atoms with E-state index in [1.807, 2.05) is 6.92 Å². The maximum Gasteiger partial charge on any atom is 0.243 e. The Kier molecular flexibility index (Phi) is 4.58. The lowest BCUT2D eigenvalue weighted by Gasteiger charge is -2.19. The van der Waals surface area contributed by atoms with E-state index in [-0.39, 0.29) is 0 Å². The van der Waals surface area contributed by atoms with Crippen LogP contribution < -0.4 is 4.74 Å². The summed E-state index contributed by atoms with van der Waals surface area (Å²) in [5.41, 5.74) is 1.79. The van der Waals surface area contributed by atoms with Crippen LogP contribution in [-0.4, -0.2) is 42.4 Å². The van der Waals surface area contributed by atoms with Crippen molar-refractivity contribution in [3.05, 3.63) is 47.9 Å². The van der Waals surface area contributed by atoms with Crippen molar-refractivity contribution in [2.75, 3.05) is 19.7 Å². The number of rotatable bonds is 4. The van der Waals surface area contributed by atoms with Gasteiger partial charge in [0.05, 0.1) is 17.2 Å². The maximum absolute atomic E-state index is 12.8. The Morgan fingerprint density at radius 1 is 1.13 bits per heavy atom. The highest BCUT2D eigenvalue weighted by molar-refractivity contribution is 7.89. The number of hydrogen-bond acceptors (Lipinski definition) is 5. The van der Waals surface area contributed by atoms with Crippen LogP contribution in [0.4, 0.5) is 0 Å². The zero-order chi connectivity index (χ0) is 16.3. The molecule has 0 spiro atoms. The van der Waals surface area contributed by atoms with E-state index in [4.69, 9.17) is 4.74 Å². The fourth-order valence-electron chi connectivity index (χ4n) is 2.72. The first-order valence-electron chi connectivity index (χ1n) is 7.63. The zero-order valence-electron chi connectivity index (χ0n) is 13.0. The molecule has 1 aliphatic heterocycles. The SMILES string of the molecule is CCOc1ncnc2c1CCN(S(=O)(=O)c1ccccc1)CC2. The van der Waals surface area contributed by atoms with Crippen LogP contribution in [0, 0.1) is 0 Å². The van der Waals surface area contributed by atoms with Gasteiger partial charge in [0.1, 0.15) is 6.33 Å². The van der Waals surface area contributed by atoms with E-state index >= 15 is 0 Å². The minimum Gasteiger partial charge on any atom is -0.478 e. The predicted molar refractivity (Wildman–Crippen MR) is 85.8 cm³/mol. The lowest BCUT2D eigenvalue weighted by Crippen LogP contribution is -2.33. The molecule has 0 atom stereocenters. The van der Waals surface area contributed by atoms with Gasteiger partial charge in [-0.3, -0.25) is 0 Å². The van der Waals surface area contributed by atoms with Crippen LogP contribution in [0.5, 0.6) is 5.88 Å². The van der Waals surface area contributed by atoms with Crippen LogP contribution in [-0.2, 0) is 22.9 Å². The van der Waals surface area contributed by atoms with Crippen LogP contribution in [0.15, 0.2) is 41.6 Å². The first-order chi connectivity index (χ1) is 11.1. The zero-order valence-corrected chi connectivity index (χ0v) is 13.8. The van der Waals surface area contributed by atoms with Crippen LogP contribution in [0.1, 0.15) is 18.2 Å². The highest BCUT2D eigenvalue weighted by atomic mass is 32.2. The molecular weight excluding hydrogens is 314 g/mol. The molecule has 6 nitrogen and oxygen atoms in total. The van der Waals surface area contributed by atoms with Gasteiger partial charge in [0, 0.05) is 25.1 Å². The van der Waals surface area contributed by atoms with Gasteiger partial charge >= 0.3 is 0 Å². The lowest BCUT2D eigenvalue weighted by atomic mass is 10.1. The van der Waals surface area contributed by atoms with Crippen molar-refractivity contribution in [3.8, 4) is 5.88 Å². The van der Waals surface area contributed by atoms with Gasteiger partial charge in [0.15, 0.2) is 0 Å². The van der Waals surface area contributed by atoms with Crippen molar-refractivity contribution >= 4 is 10.0 Å². The largest absolute Gasteiger partial charge is 0.478 e. The van der Waals surface area contributed by atoms with Gasteiger partial charge in [-0.2, -0.15) is 4.31 Å². The van der Waals surface area contributed by atoms with Crippen molar-refractivity contribution in [2.24, 2.45) is 0 Å². The predicted octanol–water partition coefficient (Wildman–Crippen LogP) is 1.66. The van der Waals surface area contributed by atoms with Crippen LogP contribution in [0.3, 0.4) is 0 Å². The fourth-order valence-corrected chi connectivity index (χ4v) is 4.18. The number of sulfonamides is 1. The summed E-state index contributed by atoms with van der Waals surface area (Å²) < 4.78 is 32.6. The number of ether oxygens (including phenoxy) is 1. The van der Waals surface area contributed by atoms with E-state index in [2.05, 4.69) is 9.97 Å². The molecule has 0 bridgehead atoms. The Balaban J connectivity index is 1.87. The minimum atomic E-state index is -3.48. The van der Waals surface area contributed by atoms with Gasteiger partial charge in [0.25, 0.3) is 0 Å². The third-order valence-electron chi connectivity index (χ3n) is 3.87. The van der Waals surface area contributed by atoms with Gasteiger partial charge in [-0.25, -0.2) is 18.4 Å². The van der Waals surface area contributed by atoms with Gasteiger partial charge in [-0.15, -0.1) is 0 Å². The molecule has 3 rings (SSSR count). The molecular formula is C16H19N3O3S. The molecule has 122 valence electrons. The molecule has 2 heterocycles. The molecule has 0 saturated carbocycles. The Bertz CT molecular complexity index is 778. The van der Waals surface area contributed by atoms with E-state index in [0.29, 0.717) is 43.3 Å². The maximum atomic E-state index is 12.8. The van der Waals surface area contributed by atoms with Gasteiger partial charge in [-0.1, -0.05) is 18.2 Å². The number of benzene rings is 1. The van der Waals surface area contributed by atoms with E-state index < -0.39 is 10.0 Å². The summed E-state index contributed by atoms with van der Waals surface area (Å²) in [5, 5.41) is 0. The number of nitrogens with zero attached hydrogens (tertiary/aromatic N) is 3. The molecule has 7 heteroatoms. The molecule has 0 saturated heterocycles. The topological polar surface area (TPSA) is 72.4 Å². The highest BCUT2D eigenvalue weighted by Crippen LogP contribution is 2.25. The second-order valence-corrected chi connectivity index (χ2v) is 7.19. The quantitative estimate of drug-likeness (QED) is 0.851. The standard InChI is InChI=1S/C16H19N3O3S/c1-2-22-16-14-8-10-19(11-9-15(14)17-12-18-16)23(20,21)13-6-4-3-5-7-13/h3-7,12H,2,8-11H2,1H3. The van der Waals surface area contributed by atoms with Gasteiger partial charge in [-0.05, 0) is 25.5 Å². The Morgan fingerprint density at radius 3 is 2.61 bits per heavy atom. The average Bonchev–Trinajstić information content (AvgIpc) is 2.80. The number of hydrogen-bond donors (Lipinski definition) is 0. The summed E-state index contributed by atoms with van der Waals surface area (Å²) in [6, 6.07) is 8.52. The molecule has 2 aromatic rings. The van der Waals surface area contributed by atoms with Crippen LogP contribution in [0.2, 0.25) is 0 Å². The Hall–Kier alpha value is -1.99. The van der Waals surface area contributed by atoms with E-state index in [1.54, 1.807) is 30.3 Å². The van der Waals surface area contributed by atoms with Crippen molar-refractivity contribution in [3.63, 3.8) is 0 Å². The highest BCUT2D eigenvalue weighted by Gasteiger charge is 2.28. The van der Waals surface area contributed by atoms with Crippen molar-refractivity contribution < 1.29 is 13.2 Å². The molecule has 1 aromatic carbocycles. The summed E-state index contributed by atoms with van der Waals surface area (Å²) in [6.07, 6.45) is 2.59. The Labute approximate surface area is 136 Å². The first-order valence-corrected chi connectivity index (χ1v) is 9.07. The van der Waals surface area contributed by atoms with Crippen molar-refractivity contribution in [1.82, 2.24) is 14.3 Å². The van der Waals surface area contributed by atoms with Crippen LogP contribution >= 0.6 is 0 Å². The van der Waals surface area contributed by atoms with Crippen LogP contribution in [0.25, 0.3) is 0 Å². The summed E-state index contributed by atoms with van der Waals surface area (Å²) in [7, 11) is -3.48. The second kappa shape index (κ2) is 6.64. The van der Waals surface area contributed by atoms with E-state index in [9.17, 15) is 8.42 Å². The molecule has 0 unspecified atom stereocenters. The summed E-state index contributed by atoms with van der Waals surface area (Å²) in [5.74, 6) is 0.566. The molecule has 0 radical (unpaired) electrons. The number of fused-ring (bicyclic) bond motifs is 1. The molecule has 1 aliphatic rings. The van der Waals surface area contributed by atoms with Crippen molar-refractivity contribution in [1.29, 1.82) is 0 Å². The summed E-state index contributed by atoms with van der Waals surface area (Å²) in [4.78, 5) is 8.79. The second-order valence-electron chi connectivity index (χ2n) is 5.25. The molecule has 1 aromatic heterocycles. The summed E-state index contributed by atoms with van der Waals surface area (Å²) in [6.45, 7) is 3.23. The molecule has 0 fully saturated rings. The average molecular weight is 333 g/mol. The molecule has 0 N–H and O–H groups in total. The Morgan fingerprint density at radius 2 is 1.87 bits per heavy atom. The fraction of sp³-hybridized carbons (Fsp3) is 0.375. The third-order valence-corrected chi connectivity index (χ3v) is 5.78. The smallest absolute Gasteiger partial charge is 0.243 e. The third kappa shape index (κ3) is 3.20. The van der Waals surface area contributed by atoms with Crippen molar-refractivity contribution in [2.45, 2.75) is 24.7 Å². The molecule has 0 amide bonds. The van der Waals surface area contributed by atoms with Gasteiger partial charge < -0.3 is 4.74 Å². The normalized spacial score (nSPS) is 15.7. The summed E-state index contributed by atoms with van der Waals surface area (Å²) >= 11 is 0.